The lowest BCUT2D eigenvalue weighted by Gasteiger charge is -1.98. The molecule has 3 rings (SSSR count). The Morgan fingerprint density at radius 3 is 3.05 bits per heavy atom. The SMILES string of the molecule is CCOC(=O)c1csc(-n2nc(-c3ccsc3)cc2N)n1. The van der Waals surface area contributed by atoms with Gasteiger partial charge >= 0.3 is 5.97 Å². The fourth-order valence-corrected chi connectivity index (χ4v) is 3.17. The second-order valence-electron chi connectivity index (χ2n) is 4.11. The minimum atomic E-state index is -0.441. The molecule has 108 valence electrons. The normalized spacial score (nSPS) is 10.7. The summed E-state index contributed by atoms with van der Waals surface area (Å²) in [4.78, 5) is 15.9. The van der Waals surface area contributed by atoms with Crippen molar-refractivity contribution in [1.29, 1.82) is 0 Å². The van der Waals surface area contributed by atoms with E-state index in [0.717, 1.165) is 11.3 Å². The molecule has 0 saturated heterocycles. The molecular weight excluding hydrogens is 308 g/mol. The lowest BCUT2D eigenvalue weighted by Crippen LogP contribution is -2.06. The summed E-state index contributed by atoms with van der Waals surface area (Å²) in [5.41, 5.74) is 8.03. The van der Waals surface area contributed by atoms with Crippen LogP contribution in [0.4, 0.5) is 5.82 Å². The summed E-state index contributed by atoms with van der Waals surface area (Å²) < 4.78 is 6.45. The second kappa shape index (κ2) is 5.66. The third-order valence-corrected chi connectivity index (χ3v) is 4.21. The number of carbonyl (C=O) groups excluding carboxylic acids is 1. The van der Waals surface area contributed by atoms with Crippen molar-refractivity contribution in [2.75, 3.05) is 12.3 Å². The Labute approximate surface area is 128 Å². The second-order valence-corrected chi connectivity index (χ2v) is 5.73. The monoisotopic (exact) mass is 320 g/mol. The van der Waals surface area contributed by atoms with E-state index in [1.165, 1.54) is 16.0 Å². The average Bonchev–Trinajstić information content (AvgIpc) is 3.18. The molecule has 3 aromatic rings. The molecule has 0 spiro atoms. The van der Waals surface area contributed by atoms with Crippen LogP contribution in [0.1, 0.15) is 17.4 Å². The Morgan fingerprint density at radius 2 is 2.33 bits per heavy atom. The van der Waals surface area contributed by atoms with Gasteiger partial charge in [0.25, 0.3) is 0 Å². The van der Waals surface area contributed by atoms with Crippen LogP contribution in [0.3, 0.4) is 0 Å². The maximum Gasteiger partial charge on any atom is 0.357 e. The van der Waals surface area contributed by atoms with Gasteiger partial charge in [-0.2, -0.15) is 21.1 Å². The molecule has 0 aliphatic carbocycles. The summed E-state index contributed by atoms with van der Waals surface area (Å²) in [5.74, 6) is 0.0322. The average molecular weight is 320 g/mol. The summed E-state index contributed by atoms with van der Waals surface area (Å²) in [6, 6.07) is 3.76. The molecule has 0 aromatic carbocycles. The molecule has 3 aromatic heterocycles. The zero-order valence-electron chi connectivity index (χ0n) is 11.1. The third-order valence-electron chi connectivity index (χ3n) is 2.71. The highest BCUT2D eigenvalue weighted by Gasteiger charge is 2.16. The number of nitrogens with two attached hydrogens (primary N) is 1. The highest BCUT2D eigenvalue weighted by atomic mass is 32.1. The third kappa shape index (κ3) is 2.67. The van der Waals surface area contributed by atoms with Crippen molar-refractivity contribution >= 4 is 34.5 Å². The van der Waals surface area contributed by atoms with Gasteiger partial charge in [-0.1, -0.05) is 0 Å². The predicted octanol–water partition coefficient (Wildman–Crippen LogP) is 2.82. The summed E-state index contributed by atoms with van der Waals surface area (Å²) in [6.45, 7) is 2.07. The van der Waals surface area contributed by atoms with E-state index in [9.17, 15) is 4.79 Å². The number of aromatic nitrogens is 3. The van der Waals surface area contributed by atoms with Crippen LogP contribution in [0.2, 0.25) is 0 Å². The fraction of sp³-hybridized carbons (Fsp3) is 0.154. The van der Waals surface area contributed by atoms with Crippen molar-refractivity contribution in [1.82, 2.24) is 14.8 Å². The van der Waals surface area contributed by atoms with Crippen molar-refractivity contribution in [2.45, 2.75) is 6.92 Å². The van der Waals surface area contributed by atoms with E-state index in [2.05, 4.69) is 10.1 Å². The molecule has 0 aliphatic rings. The molecule has 2 N–H and O–H groups in total. The van der Waals surface area contributed by atoms with Crippen molar-refractivity contribution in [2.24, 2.45) is 0 Å². The molecule has 0 aliphatic heterocycles. The van der Waals surface area contributed by atoms with E-state index >= 15 is 0 Å². The zero-order chi connectivity index (χ0) is 14.8. The molecular formula is C13H12N4O2S2. The van der Waals surface area contributed by atoms with E-state index in [4.69, 9.17) is 10.5 Å². The standard InChI is InChI=1S/C13H12N4O2S2/c1-2-19-12(18)10-7-21-13(15-10)17-11(14)5-9(16-17)8-3-4-20-6-8/h3-7H,2,14H2,1H3. The summed E-state index contributed by atoms with van der Waals surface area (Å²) >= 11 is 2.89. The van der Waals surface area contributed by atoms with Crippen LogP contribution < -0.4 is 5.73 Å². The van der Waals surface area contributed by atoms with Gasteiger partial charge in [-0.3, -0.25) is 0 Å². The van der Waals surface area contributed by atoms with Gasteiger partial charge in [0.05, 0.1) is 12.3 Å². The largest absolute Gasteiger partial charge is 0.461 e. The van der Waals surface area contributed by atoms with Gasteiger partial charge in [-0.25, -0.2) is 9.78 Å². The number of hydrogen-bond acceptors (Lipinski definition) is 7. The first-order valence-electron chi connectivity index (χ1n) is 6.20. The van der Waals surface area contributed by atoms with E-state index in [1.807, 2.05) is 16.8 Å². The lowest BCUT2D eigenvalue weighted by molar-refractivity contribution is 0.0520. The number of esters is 1. The first-order chi connectivity index (χ1) is 10.2. The van der Waals surface area contributed by atoms with Crippen molar-refractivity contribution < 1.29 is 9.53 Å². The van der Waals surface area contributed by atoms with Crippen molar-refractivity contribution in [3.8, 4) is 16.4 Å². The van der Waals surface area contributed by atoms with E-state index in [0.29, 0.717) is 17.6 Å². The van der Waals surface area contributed by atoms with Gasteiger partial charge in [0.2, 0.25) is 5.13 Å². The molecule has 0 bridgehead atoms. The topological polar surface area (TPSA) is 83.0 Å². The Morgan fingerprint density at radius 1 is 1.48 bits per heavy atom. The predicted molar refractivity (Wildman–Crippen MR) is 82.9 cm³/mol. The number of ether oxygens (including phenoxy) is 1. The number of nitrogens with zero attached hydrogens (tertiary/aromatic N) is 3. The Bertz CT molecular complexity index is 761. The Kier molecular flexibility index (Phi) is 3.72. The summed E-state index contributed by atoms with van der Waals surface area (Å²) in [7, 11) is 0. The highest BCUT2D eigenvalue weighted by molar-refractivity contribution is 7.12. The number of anilines is 1. The first kappa shape index (κ1) is 13.8. The van der Waals surface area contributed by atoms with Gasteiger partial charge in [-0.05, 0) is 18.4 Å². The minimum Gasteiger partial charge on any atom is -0.461 e. The molecule has 21 heavy (non-hydrogen) atoms. The molecule has 8 heteroatoms. The molecule has 0 fully saturated rings. The van der Waals surface area contributed by atoms with Gasteiger partial charge < -0.3 is 10.5 Å². The summed E-state index contributed by atoms with van der Waals surface area (Å²) in [6.07, 6.45) is 0. The quantitative estimate of drug-likeness (QED) is 0.747. The molecule has 0 radical (unpaired) electrons. The van der Waals surface area contributed by atoms with E-state index in [-0.39, 0.29) is 5.69 Å². The molecule has 0 saturated carbocycles. The van der Waals surface area contributed by atoms with Gasteiger partial charge in [0, 0.05) is 22.4 Å². The highest BCUT2D eigenvalue weighted by Crippen LogP contribution is 2.26. The number of thiophene rings is 1. The molecule has 6 nitrogen and oxygen atoms in total. The zero-order valence-corrected chi connectivity index (χ0v) is 12.8. The molecule has 0 atom stereocenters. The lowest BCUT2D eigenvalue weighted by atomic mass is 10.2. The van der Waals surface area contributed by atoms with Crippen LogP contribution in [0, 0.1) is 0 Å². The van der Waals surface area contributed by atoms with Gasteiger partial charge in [0.15, 0.2) is 5.69 Å². The van der Waals surface area contributed by atoms with Crippen molar-refractivity contribution in [3.63, 3.8) is 0 Å². The number of nitrogen functional groups attached to an aromatic ring is 1. The van der Waals surface area contributed by atoms with Gasteiger partial charge in [-0.15, -0.1) is 11.3 Å². The smallest absolute Gasteiger partial charge is 0.357 e. The Hall–Kier alpha value is -2.19. The molecule has 0 amide bonds. The van der Waals surface area contributed by atoms with Crippen LogP contribution in [0.15, 0.2) is 28.3 Å². The first-order valence-corrected chi connectivity index (χ1v) is 8.02. The van der Waals surface area contributed by atoms with Crippen molar-refractivity contribution in [3.05, 3.63) is 34.0 Å². The van der Waals surface area contributed by atoms with Crippen LogP contribution in [0.5, 0.6) is 0 Å². The maximum absolute atomic E-state index is 11.6. The minimum absolute atomic E-state index is 0.267. The van der Waals surface area contributed by atoms with Crippen LogP contribution in [-0.2, 0) is 4.74 Å². The number of hydrogen-bond donors (Lipinski definition) is 1. The van der Waals surface area contributed by atoms with E-state index in [1.54, 1.807) is 29.7 Å². The molecule has 0 unspecified atom stereocenters. The number of thiazole rings is 1. The van der Waals surface area contributed by atoms with Crippen LogP contribution >= 0.6 is 22.7 Å². The van der Waals surface area contributed by atoms with Gasteiger partial charge in [0.1, 0.15) is 5.82 Å². The fourth-order valence-electron chi connectivity index (χ4n) is 1.76. The summed E-state index contributed by atoms with van der Waals surface area (Å²) in [5, 5.41) is 10.6. The Balaban J connectivity index is 1.92. The number of rotatable bonds is 4. The van der Waals surface area contributed by atoms with E-state index < -0.39 is 5.97 Å². The molecule has 3 heterocycles. The maximum atomic E-state index is 11.6. The van der Waals surface area contributed by atoms with Crippen LogP contribution in [-0.4, -0.2) is 27.3 Å². The number of carbonyl (C=O) groups is 1. The van der Waals surface area contributed by atoms with Crippen LogP contribution in [0.25, 0.3) is 16.4 Å².